The lowest BCUT2D eigenvalue weighted by Crippen LogP contribution is -2.39. The first-order valence-electron chi connectivity index (χ1n) is 8.77. The molecule has 7 heteroatoms. The molecule has 0 radical (unpaired) electrons. The minimum atomic E-state index is 0.0518. The highest BCUT2D eigenvalue weighted by atomic mass is 16.2. The van der Waals surface area contributed by atoms with E-state index in [1.807, 2.05) is 33.7 Å². The van der Waals surface area contributed by atoms with E-state index < -0.39 is 0 Å². The highest BCUT2D eigenvalue weighted by Gasteiger charge is 2.30. The summed E-state index contributed by atoms with van der Waals surface area (Å²) in [6.45, 7) is 5.56. The summed E-state index contributed by atoms with van der Waals surface area (Å²) in [5.41, 5.74) is 2.43. The van der Waals surface area contributed by atoms with Crippen molar-refractivity contribution in [3.63, 3.8) is 0 Å². The van der Waals surface area contributed by atoms with E-state index >= 15 is 0 Å². The molecule has 1 unspecified atom stereocenters. The number of carbonyl (C=O) groups excluding carboxylic acids is 1. The smallest absolute Gasteiger partial charge is 0.257 e. The summed E-state index contributed by atoms with van der Waals surface area (Å²) in [6, 6.07) is 5.88. The van der Waals surface area contributed by atoms with Gasteiger partial charge in [0.15, 0.2) is 5.65 Å². The Hall–Kier alpha value is -2.70. The number of amides is 1. The van der Waals surface area contributed by atoms with Gasteiger partial charge < -0.3 is 4.90 Å². The number of aromatic nitrogens is 5. The maximum absolute atomic E-state index is 13.0. The lowest BCUT2D eigenvalue weighted by molar-refractivity contribution is 0.0702. The van der Waals surface area contributed by atoms with Gasteiger partial charge in [0.2, 0.25) is 0 Å². The molecule has 0 saturated carbocycles. The molecule has 4 rings (SSSR count). The van der Waals surface area contributed by atoms with Crippen LogP contribution in [0.4, 0.5) is 0 Å². The van der Waals surface area contributed by atoms with Gasteiger partial charge in [0, 0.05) is 25.2 Å². The second kappa shape index (κ2) is 6.31. The summed E-state index contributed by atoms with van der Waals surface area (Å²) in [6.07, 6.45) is 5.61. The molecule has 1 aliphatic rings. The molecule has 7 nitrogen and oxygen atoms in total. The van der Waals surface area contributed by atoms with Crippen LogP contribution >= 0.6 is 0 Å². The number of hydrogen-bond donors (Lipinski definition) is 1. The number of nitrogens with zero attached hydrogens (tertiary/aromatic N) is 5. The van der Waals surface area contributed by atoms with E-state index in [1.165, 1.54) is 0 Å². The topological polar surface area (TPSA) is 79.2 Å². The highest BCUT2D eigenvalue weighted by molar-refractivity contribution is 5.95. The van der Waals surface area contributed by atoms with E-state index in [0.29, 0.717) is 12.1 Å². The molecule has 0 aromatic carbocycles. The number of likely N-dealkylation sites (tertiary alicyclic amines) is 1. The van der Waals surface area contributed by atoms with Crippen molar-refractivity contribution in [2.75, 3.05) is 13.1 Å². The average molecular weight is 338 g/mol. The third-order valence-electron chi connectivity index (χ3n) is 4.89. The van der Waals surface area contributed by atoms with Gasteiger partial charge in [0.1, 0.15) is 5.82 Å². The van der Waals surface area contributed by atoms with Gasteiger partial charge in [-0.15, -0.1) is 10.2 Å². The van der Waals surface area contributed by atoms with Gasteiger partial charge in [0.25, 0.3) is 5.91 Å². The molecule has 3 aromatic heterocycles. The molecule has 25 heavy (non-hydrogen) atoms. The fraction of sp³-hybridized carbons (Fsp3) is 0.444. The van der Waals surface area contributed by atoms with Crippen molar-refractivity contribution in [3.8, 4) is 0 Å². The second-order valence-electron chi connectivity index (χ2n) is 6.93. The number of pyridine rings is 1. The summed E-state index contributed by atoms with van der Waals surface area (Å²) < 4.78 is 2.02. The predicted octanol–water partition coefficient (Wildman–Crippen LogP) is 2.60. The number of nitrogens with one attached hydrogen (secondary N) is 1. The Labute approximate surface area is 146 Å². The molecule has 1 saturated heterocycles. The SMILES string of the molecule is CC(C)c1[nH]ncc1C(=O)N1CCCC(c2nnc3ccccn23)C1. The van der Waals surface area contributed by atoms with Crippen LogP contribution in [0.25, 0.3) is 5.65 Å². The summed E-state index contributed by atoms with van der Waals surface area (Å²) in [7, 11) is 0. The van der Waals surface area contributed by atoms with Crippen molar-refractivity contribution in [3.05, 3.63) is 47.7 Å². The average Bonchev–Trinajstić information content (AvgIpc) is 3.28. The number of rotatable bonds is 3. The van der Waals surface area contributed by atoms with Crippen LogP contribution in [0.15, 0.2) is 30.6 Å². The molecule has 1 N–H and O–H groups in total. The molecule has 4 heterocycles. The summed E-state index contributed by atoms with van der Waals surface area (Å²) in [4.78, 5) is 14.9. The van der Waals surface area contributed by atoms with Crippen LogP contribution in [0.1, 0.15) is 60.4 Å². The van der Waals surface area contributed by atoms with E-state index in [1.54, 1.807) is 6.20 Å². The number of carbonyl (C=O) groups is 1. The summed E-state index contributed by atoms with van der Waals surface area (Å²) in [5, 5.41) is 15.7. The fourth-order valence-electron chi connectivity index (χ4n) is 3.59. The first kappa shape index (κ1) is 15.8. The zero-order valence-corrected chi connectivity index (χ0v) is 14.5. The van der Waals surface area contributed by atoms with Crippen molar-refractivity contribution in [2.24, 2.45) is 0 Å². The van der Waals surface area contributed by atoms with E-state index in [2.05, 4.69) is 34.2 Å². The maximum Gasteiger partial charge on any atom is 0.257 e. The normalized spacial score (nSPS) is 18.2. The van der Waals surface area contributed by atoms with Gasteiger partial charge in [0.05, 0.1) is 17.5 Å². The molecule has 1 atom stereocenters. The van der Waals surface area contributed by atoms with Gasteiger partial charge in [-0.25, -0.2) is 0 Å². The minimum Gasteiger partial charge on any atom is -0.338 e. The van der Waals surface area contributed by atoms with Crippen molar-refractivity contribution < 1.29 is 4.79 Å². The van der Waals surface area contributed by atoms with Gasteiger partial charge >= 0.3 is 0 Å². The van der Waals surface area contributed by atoms with Gasteiger partial charge in [-0.1, -0.05) is 19.9 Å². The first-order valence-corrected chi connectivity index (χ1v) is 8.77. The Morgan fingerprint density at radius 2 is 2.20 bits per heavy atom. The van der Waals surface area contributed by atoms with E-state index in [0.717, 1.165) is 36.6 Å². The van der Waals surface area contributed by atoms with Crippen LogP contribution in [0, 0.1) is 0 Å². The van der Waals surface area contributed by atoms with Gasteiger partial charge in [-0.2, -0.15) is 5.10 Å². The number of aromatic amines is 1. The van der Waals surface area contributed by atoms with E-state index in [9.17, 15) is 4.79 Å². The molecular weight excluding hydrogens is 316 g/mol. The Bertz CT molecular complexity index is 896. The molecule has 0 aliphatic carbocycles. The van der Waals surface area contributed by atoms with Crippen LogP contribution < -0.4 is 0 Å². The molecule has 0 bridgehead atoms. The fourth-order valence-corrected chi connectivity index (χ4v) is 3.59. The van der Waals surface area contributed by atoms with Crippen LogP contribution in [0.5, 0.6) is 0 Å². The third-order valence-corrected chi connectivity index (χ3v) is 4.89. The summed E-state index contributed by atoms with van der Waals surface area (Å²) in [5.74, 6) is 1.42. The molecule has 130 valence electrons. The van der Waals surface area contributed by atoms with Crippen LogP contribution in [0.3, 0.4) is 0 Å². The van der Waals surface area contributed by atoms with Crippen LogP contribution in [0.2, 0.25) is 0 Å². The number of fused-ring (bicyclic) bond motifs is 1. The standard InChI is InChI=1S/C18H22N6O/c1-12(2)16-14(10-19-21-16)18(25)23-8-5-6-13(11-23)17-22-20-15-7-3-4-9-24(15)17/h3-4,7,9-10,12-13H,5-6,8,11H2,1-2H3,(H,19,21). The largest absolute Gasteiger partial charge is 0.338 e. The van der Waals surface area contributed by atoms with E-state index in [-0.39, 0.29) is 17.7 Å². The van der Waals surface area contributed by atoms with Crippen molar-refractivity contribution >= 4 is 11.6 Å². The molecular formula is C18H22N6O. The number of hydrogen-bond acceptors (Lipinski definition) is 4. The molecule has 1 amide bonds. The lowest BCUT2D eigenvalue weighted by Gasteiger charge is -2.32. The Morgan fingerprint density at radius 1 is 1.32 bits per heavy atom. The highest BCUT2D eigenvalue weighted by Crippen LogP contribution is 2.28. The van der Waals surface area contributed by atoms with Crippen molar-refractivity contribution in [2.45, 2.75) is 38.5 Å². The monoisotopic (exact) mass is 338 g/mol. The van der Waals surface area contributed by atoms with Gasteiger partial charge in [-0.3, -0.25) is 14.3 Å². The zero-order chi connectivity index (χ0) is 17.4. The quantitative estimate of drug-likeness (QED) is 0.796. The summed E-state index contributed by atoms with van der Waals surface area (Å²) >= 11 is 0. The first-order chi connectivity index (χ1) is 12.1. The number of H-pyrrole nitrogens is 1. The maximum atomic E-state index is 13.0. The van der Waals surface area contributed by atoms with Crippen molar-refractivity contribution in [1.82, 2.24) is 29.7 Å². The van der Waals surface area contributed by atoms with Crippen molar-refractivity contribution in [1.29, 1.82) is 0 Å². The third kappa shape index (κ3) is 2.79. The Kier molecular flexibility index (Phi) is 3.99. The van der Waals surface area contributed by atoms with E-state index in [4.69, 9.17) is 0 Å². The number of piperidine rings is 1. The lowest BCUT2D eigenvalue weighted by atomic mass is 9.96. The molecule has 0 spiro atoms. The van der Waals surface area contributed by atoms with Crippen LogP contribution in [-0.4, -0.2) is 48.7 Å². The zero-order valence-electron chi connectivity index (χ0n) is 14.5. The molecule has 3 aromatic rings. The second-order valence-corrected chi connectivity index (χ2v) is 6.93. The minimum absolute atomic E-state index is 0.0518. The van der Waals surface area contributed by atoms with Crippen LogP contribution in [-0.2, 0) is 0 Å². The Balaban J connectivity index is 1.59. The van der Waals surface area contributed by atoms with Gasteiger partial charge in [-0.05, 0) is 30.9 Å². The molecule has 1 fully saturated rings. The molecule has 1 aliphatic heterocycles. The Morgan fingerprint density at radius 3 is 3.04 bits per heavy atom. The predicted molar refractivity (Wildman–Crippen MR) is 93.5 cm³/mol.